The van der Waals surface area contributed by atoms with Crippen LogP contribution in [-0.2, 0) is 0 Å². The third-order valence-electron chi connectivity index (χ3n) is 9.10. The van der Waals surface area contributed by atoms with Gasteiger partial charge in [0.25, 0.3) is 11.8 Å². The fraction of sp³-hybridized carbons (Fsp3) is 0.351. The predicted octanol–water partition coefficient (Wildman–Crippen LogP) is 6.64. The lowest BCUT2D eigenvalue weighted by Gasteiger charge is -2.34. The number of carbonyl (C=O) groups excluding carboxylic acids is 2. The average molecular weight is 718 g/mol. The highest BCUT2D eigenvalue weighted by molar-refractivity contribution is 6.37. The summed E-state index contributed by atoms with van der Waals surface area (Å²) in [7, 11) is 3.10. The number of nitrogens with one attached hydrogen (secondary N) is 1. The zero-order chi connectivity index (χ0) is 35.2. The molecule has 3 aromatic carbocycles. The lowest BCUT2D eigenvalue weighted by molar-refractivity contribution is 0.0648. The van der Waals surface area contributed by atoms with Crippen molar-refractivity contribution in [1.82, 2.24) is 19.7 Å². The molecule has 0 saturated carbocycles. The maximum Gasteiger partial charge on any atom is 0.261 e. The molecule has 50 heavy (non-hydrogen) atoms. The number of methoxy groups -OCH3 is 2. The van der Waals surface area contributed by atoms with Crippen LogP contribution in [0.2, 0.25) is 10.0 Å². The first-order valence-corrected chi connectivity index (χ1v) is 17.3. The topological polar surface area (TPSA) is 120 Å². The standard InChI is InChI=1S/C37H38Cl2N6O5/c1-48-32-21-31(28(38)19-29(32)39)42-35-24(22-40)23-41-30-20-34(33(49-2)18-27(30)35)50-17-7-11-44-15-13-43(14-16-44)10-5-6-12-45-36(46)25-8-3-4-9-26(25)37(45)47/h3-4,8-9,18-21,23H,5-7,10-17H2,1-2H3,(H,41,42). The summed E-state index contributed by atoms with van der Waals surface area (Å²) in [5.74, 6) is 1.17. The maximum atomic E-state index is 12.6. The minimum atomic E-state index is -0.183. The molecule has 0 bridgehead atoms. The minimum Gasteiger partial charge on any atom is -0.495 e. The second-order valence-electron chi connectivity index (χ2n) is 12.2. The van der Waals surface area contributed by atoms with Crippen LogP contribution in [0.25, 0.3) is 10.9 Å². The van der Waals surface area contributed by atoms with E-state index in [4.69, 9.17) is 37.4 Å². The molecule has 13 heteroatoms. The van der Waals surface area contributed by atoms with Gasteiger partial charge in [0.2, 0.25) is 0 Å². The Morgan fingerprint density at radius 1 is 0.820 bits per heavy atom. The summed E-state index contributed by atoms with van der Waals surface area (Å²) < 4.78 is 17.2. The van der Waals surface area contributed by atoms with Crippen molar-refractivity contribution in [2.24, 2.45) is 0 Å². The number of anilines is 2. The number of piperazine rings is 1. The van der Waals surface area contributed by atoms with E-state index in [-0.39, 0.29) is 11.8 Å². The number of benzene rings is 3. The van der Waals surface area contributed by atoms with Crippen LogP contribution in [0.3, 0.4) is 0 Å². The van der Waals surface area contributed by atoms with Gasteiger partial charge in [0.05, 0.1) is 64.5 Å². The molecule has 0 aliphatic carbocycles. The molecule has 3 heterocycles. The van der Waals surface area contributed by atoms with Gasteiger partial charge in [-0.25, -0.2) is 0 Å². The normalized spacial score (nSPS) is 14.9. The van der Waals surface area contributed by atoms with Crippen molar-refractivity contribution in [3.05, 3.63) is 81.5 Å². The Balaban J connectivity index is 0.972. The van der Waals surface area contributed by atoms with Crippen molar-refractivity contribution in [2.75, 3.05) is 72.0 Å². The summed E-state index contributed by atoms with van der Waals surface area (Å²) in [5.41, 5.74) is 3.02. The monoisotopic (exact) mass is 716 g/mol. The van der Waals surface area contributed by atoms with Crippen LogP contribution in [0.1, 0.15) is 45.5 Å². The smallest absolute Gasteiger partial charge is 0.261 e. The van der Waals surface area contributed by atoms with Gasteiger partial charge in [-0.2, -0.15) is 5.26 Å². The van der Waals surface area contributed by atoms with Gasteiger partial charge in [0.15, 0.2) is 11.5 Å². The number of ether oxygens (including phenoxy) is 3. The number of hydrogen-bond acceptors (Lipinski definition) is 10. The van der Waals surface area contributed by atoms with Crippen LogP contribution >= 0.6 is 23.2 Å². The number of halogens is 2. The first-order valence-electron chi connectivity index (χ1n) is 16.5. The van der Waals surface area contributed by atoms with E-state index in [1.165, 1.54) is 18.2 Å². The van der Waals surface area contributed by atoms with Crippen molar-refractivity contribution >= 4 is 57.3 Å². The number of carbonyl (C=O) groups is 2. The molecule has 260 valence electrons. The van der Waals surface area contributed by atoms with Gasteiger partial charge in [-0.15, -0.1) is 0 Å². The van der Waals surface area contributed by atoms with Crippen LogP contribution in [0.4, 0.5) is 11.4 Å². The molecule has 6 rings (SSSR count). The van der Waals surface area contributed by atoms with Gasteiger partial charge in [-0.3, -0.25) is 19.5 Å². The van der Waals surface area contributed by atoms with Crippen LogP contribution < -0.4 is 19.5 Å². The summed E-state index contributed by atoms with van der Waals surface area (Å²) in [6.07, 6.45) is 4.07. The summed E-state index contributed by atoms with van der Waals surface area (Å²) in [4.78, 5) is 35.9. The molecular weight excluding hydrogens is 679 g/mol. The number of hydrogen-bond donors (Lipinski definition) is 1. The number of rotatable bonds is 14. The minimum absolute atomic E-state index is 0.183. The van der Waals surface area contributed by atoms with Crippen molar-refractivity contribution in [3.8, 4) is 23.3 Å². The Kier molecular flexibility index (Phi) is 11.2. The Labute approximate surface area is 301 Å². The zero-order valence-corrected chi connectivity index (χ0v) is 29.5. The van der Waals surface area contributed by atoms with Crippen molar-refractivity contribution in [1.29, 1.82) is 5.26 Å². The quantitative estimate of drug-likeness (QED) is 0.112. The molecule has 2 amide bonds. The highest BCUT2D eigenvalue weighted by Crippen LogP contribution is 2.40. The van der Waals surface area contributed by atoms with Gasteiger partial charge in [0, 0.05) is 63.0 Å². The van der Waals surface area contributed by atoms with Gasteiger partial charge in [0.1, 0.15) is 11.8 Å². The third kappa shape index (κ3) is 7.59. The average Bonchev–Trinajstić information content (AvgIpc) is 3.38. The summed E-state index contributed by atoms with van der Waals surface area (Å²) >= 11 is 12.7. The molecule has 0 atom stereocenters. The predicted molar refractivity (Wildman–Crippen MR) is 193 cm³/mol. The number of unbranched alkanes of at least 4 members (excludes halogenated alkanes) is 1. The number of aromatic nitrogens is 1. The number of fused-ring (bicyclic) bond motifs is 2. The highest BCUT2D eigenvalue weighted by atomic mass is 35.5. The second kappa shape index (κ2) is 16.0. The Bertz CT molecular complexity index is 1910. The van der Waals surface area contributed by atoms with Crippen molar-refractivity contribution in [3.63, 3.8) is 0 Å². The molecule has 1 saturated heterocycles. The fourth-order valence-corrected chi connectivity index (χ4v) is 6.87. The molecule has 1 fully saturated rings. The molecule has 0 spiro atoms. The molecule has 1 aromatic heterocycles. The van der Waals surface area contributed by atoms with E-state index in [9.17, 15) is 14.9 Å². The number of pyridine rings is 1. The Morgan fingerprint density at radius 3 is 2.10 bits per heavy atom. The van der Waals surface area contributed by atoms with Crippen LogP contribution in [0, 0.1) is 11.3 Å². The van der Waals surface area contributed by atoms with Crippen molar-refractivity contribution < 1.29 is 23.8 Å². The SMILES string of the molecule is COc1cc(Nc2c(C#N)cnc3cc(OCCCN4CCN(CCCCN5C(=O)c6ccccc6C5=O)CC4)c(OC)cc23)c(Cl)cc1Cl. The van der Waals surface area contributed by atoms with Crippen LogP contribution in [-0.4, -0.2) is 98.1 Å². The summed E-state index contributed by atoms with van der Waals surface area (Å²) in [6, 6.07) is 16.1. The Hall–Kier alpha value is -4.60. The third-order valence-corrected chi connectivity index (χ3v) is 9.71. The number of nitrogens with zero attached hydrogens (tertiary/aromatic N) is 5. The van der Waals surface area contributed by atoms with E-state index in [1.54, 1.807) is 49.6 Å². The first kappa shape index (κ1) is 35.2. The lowest BCUT2D eigenvalue weighted by atomic mass is 10.1. The van der Waals surface area contributed by atoms with Crippen LogP contribution in [0.5, 0.6) is 17.2 Å². The molecule has 1 N–H and O–H groups in total. The van der Waals surface area contributed by atoms with Crippen LogP contribution in [0.15, 0.2) is 54.7 Å². The van der Waals surface area contributed by atoms with Gasteiger partial charge < -0.3 is 29.3 Å². The first-order chi connectivity index (χ1) is 24.3. The van der Waals surface area contributed by atoms with E-state index in [0.29, 0.717) is 79.4 Å². The lowest BCUT2D eigenvalue weighted by Crippen LogP contribution is -2.47. The molecule has 0 radical (unpaired) electrons. The summed E-state index contributed by atoms with van der Waals surface area (Å²) in [5, 5.41) is 14.5. The largest absolute Gasteiger partial charge is 0.495 e. The van der Waals surface area contributed by atoms with Crippen molar-refractivity contribution in [2.45, 2.75) is 19.3 Å². The van der Waals surface area contributed by atoms with Gasteiger partial charge in [-0.1, -0.05) is 35.3 Å². The van der Waals surface area contributed by atoms with Gasteiger partial charge in [-0.05, 0) is 50.1 Å². The maximum absolute atomic E-state index is 12.6. The van der Waals surface area contributed by atoms with E-state index < -0.39 is 0 Å². The van der Waals surface area contributed by atoms with E-state index in [2.05, 4.69) is 26.2 Å². The van der Waals surface area contributed by atoms with E-state index in [1.807, 2.05) is 6.07 Å². The highest BCUT2D eigenvalue weighted by Gasteiger charge is 2.34. The molecule has 2 aliphatic rings. The number of amides is 2. The Morgan fingerprint density at radius 2 is 1.46 bits per heavy atom. The molecule has 2 aliphatic heterocycles. The molecule has 11 nitrogen and oxygen atoms in total. The molecule has 0 unspecified atom stereocenters. The summed E-state index contributed by atoms with van der Waals surface area (Å²) in [6.45, 7) is 6.72. The number of imide groups is 1. The number of nitriles is 1. The molecular formula is C37H38Cl2N6O5. The van der Waals surface area contributed by atoms with E-state index >= 15 is 0 Å². The molecule has 4 aromatic rings. The second-order valence-corrected chi connectivity index (χ2v) is 13.0. The van der Waals surface area contributed by atoms with E-state index in [0.717, 1.165) is 58.5 Å². The zero-order valence-electron chi connectivity index (χ0n) is 28.0. The van der Waals surface area contributed by atoms with Gasteiger partial charge >= 0.3 is 0 Å². The fourth-order valence-electron chi connectivity index (χ4n) is 6.36.